The van der Waals surface area contributed by atoms with Crippen LogP contribution in [0.2, 0.25) is 0 Å². The molecule has 2 aromatic rings. The van der Waals surface area contributed by atoms with Crippen LogP contribution in [-0.2, 0) is 11.2 Å². The fourth-order valence-electron chi connectivity index (χ4n) is 4.22. The molecule has 1 fully saturated rings. The van der Waals surface area contributed by atoms with Gasteiger partial charge in [-0.15, -0.1) is 0 Å². The largest absolute Gasteiger partial charge is 0.493 e. The zero-order valence-electron chi connectivity index (χ0n) is 16.1. The molecule has 5 heteroatoms. The van der Waals surface area contributed by atoms with Crippen molar-refractivity contribution < 1.29 is 13.9 Å². The minimum Gasteiger partial charge on any atom is -0.493 e. The Morgan fingerprint density at radius 3 is 2.64 bits per heavy atom. The SMILES string of the molecule is O=C1CCc2c(cccc2OCCCN2CCC(c3ccc(F)cc3)CC2)N1. The van der Waals surface area contributed by atoms with E-state index < -0.39 is 0 Å². The number of hydrogen-bond donors (Lipinski definition) is 1. The number of amides is 1. The molecule has 2 aliphatic heterocycles. The van der Waals surface area contributed by atoms with Gasteiger partial charge in [-0.1, -0.05) is 18.2 Å². The first-order valence-corrected chi connectivity index (χ1v) is 10.2. The van der Waals surface area contributed by atoms with Crippen LogP contribution in [0.25, 0.3) is 0 Å². The van der Waals surface area contributed by atoms with Gasteiger partial charge in [0.25, 0.3) is 0 Å². The third kappa shape index (κ3) is 4.53. The second-order valence-electron chi connectivity index (χ2n) is 7.70. The molecule has 148 valence electrons. The molecule has 1 amide bonds. The van der Waals surface area contributed by atoms with Crippen molar-refractivity contribution >= 4 is 11.6 Å². The first-order chi connectivity index (χ1) is 13.7. The predicted molar refractivity (Wildman–Crippen MR) is 108 cm³/mol. The van der Waals surface area contributed by atoms with Gasteiger partial charge in [0.2, 0.25) is 5.91 Å². The molecule has 2 aromatic carbocycles. The summed E-state index contributed by atoms with van der Waals surface area (Å²) in [5.41, 5.74) is 3.25. The Morgan fingerprint density at radius 2 is 1.86 bits per heavy atom. The second-order valence-corrected chi connectivity index (χ2v) is 7.70. The van der Waals surface area contributed by atoms with Crippen molar-refractivity contribution in [1.82, 2.24) is 4.90 Å². The lowest BCUT2D eigenvalue weighted by Gasteiger charge is -2.32. The van der Waals surface area contributed by atoms with Crippen molar-refractivity contribution in [3.8, 4) is 5.75 Å². The maximum atomic E-state index is 13.1. The molecule has 4 nitrogen and oxygen atoms in total. The number of carbonyl (C=O) groups excluding carboxylic acids is 1. The fourth-order valence-corrected chi connectivity index (χ4v) is 4.22. The number of nitrogens with one attached hydrogen (secondary N) is 1. The first kappa shape index (κ1) is 18.9. The van der Waals surface area contributed by atoms with Crippen LogP contribution in [0.1, 0.15) is 42.7 Å². The van der Waals surface area contributed by atoms with Crippen molar-refractivity contribution in [1.29, 1.82) is 0 Å². The van der Waals surface area contributed by atoms with Crippen LogP contribution >= 0.6 is 0 Å². The highest BCUT2D eigenvalue weighted by Gasteiger charge is 2.21. The summed E-state index contributed by atoms with van der Waals surface area (Å²) in [5.74, 6) is 1.35. The van der Waals surface area contributed by atoms with Crippen molar-refractivity contribution in [3.63, 3.8) is 0 Å². The zero-order chi connectivity index (χ0) is 19.3. The average molecular weight is 382 g/mol. The summed E-state index contributed by atoms with van der Waals surface area (Å²) in [5, 5.41) is 2.92. The summed E-state index contributed by atoms with van der Waals surface area (Å²) in [6, 6.07) is 12.8. The van der Waals surface area contributed by atoms with Crippen LogP contribution in [-0.4, -0.2) is 37.0 Å². The van der Waals surface area contributed by atoms with E-state index in [-0.39, 0.29) is 11.7 Å². The quantitative estimate of drug-likeness (QED) is 0.755. The summed E-state index contributed by atoms with van der Waals surface area (Å²) >= 11 is 0. The smallest absolute Gasteiger partial charge is 0.224 e. The summed E-state index contributed by atoms with van der Waals surface area (Å²) in [7, 11) is 0. The molecule has 0 unspecified atom stereocenters. The van der Waals surface area contributed by atoms with E-state index in [0.29, 0.717) is 18.9 Å². The molecule has 0 aromatic heterocycles. The number of hydrogen-bond acceptors (Lipinski definition) is 3. The Bertz CT molecular complexity index is 814. The Kier molecular flexibility index (Phi) is 5.91. The molecule has 1 N–H and O–H groups in total. The van der Waals surface area contributed by atoms with Gasteiger partial charge in [-0.25, -0.2) is 4.39 Å². The molecule has 0 spiro atoms. The molecule has 0 saturated carbocycles. The number of rotatable bonds is 6. The Balaban J connectivity index is 1.20. The number of anilines is 1. The number of ether oxygens (including phenoxy) is 1. The second kappa shape index (κ2) is 8.74. The summed E-state index contributed by atoms with van der Waals surface area (Å²) < 4.78 is 19.1. The van der Waals surface area contributed by atoms with E-state index in [0.717, 1.165) is 62.3 Å². The summed E-state index contributed by atoms with van der Waals surface area (Å²) in [4.78, 5) is 14.0. The molecular weight excluding hydrogens is 355 g/mol. The lowest BCUT2D eigenvalue weighted by atomic mass is 9.89. The van der Waals surface area contributed by atoms with Crippen LogP contribution in [0.3, 0.4) is 0 Å². The average Bonchev–Trinajstić information content (AvgIpc) is 2.72. The van der Waals surface area contributed by atoms with Gasteiger partial charge < -0.3 is 15.0 Å². The number of carbonyl (C=O) groups is 1. The monoisotopic (exact) mass is 382 g/mol. The molecule has 0 radical (unpaired) electrons. The highest BCUT2D eigenvalue weighted by molar-refractivity contribution is 5.94. The van der Waals surface area contributed by atoms with Crippen LogP contribution < -0.4 is 10.1 Å². The normalized spacial score (nSPS) is 17.8. The minimum atomic E-state index is -0.164. The van der Waals surface area contributed by atoms with Crippen molar-refractivity contribution in [2.75, 3.05) is 31.6 Å². The van der Waals surface area contributed by atoms with Gasteiger partial charge in [-0.3, -0.25) is 4.79 Å². The van der Waals surface area contributed by atoms with Gasteiger partial charge >= 0.3 is 0 Å². The van der Waals surface area contributed by atoms with Crippen LogP contribution in [0.4, 0.5) is 10.1 Å². The van der Waals surface area contributed by atoms with Crippen molar-refractivity contribution in [2.45, 2.75) is 38.0 Å². The van der Waals surface area contributed by atoms with Gasteiger partial charge in [-0.2, -0.15) is 0 Å². The van der Waals surface area contributed by atoms with E-state index in [1.54, 1.807) is 12.1 Å². The van der Waals surface area contributed by atoms with E-state index in [1.807, 2.05) is 30.3 Å². The van der Waals surface area contributed by atoms with Gasteiger partial charge in [0, 0.05) is 24.2 Å². The molecule has 28 heavy (non-hydrogen) atoms. The summed E-state index contributed by atoms with van der Waals surface area (Å²) in [6.45, 7) is 3.87. The molecule has 0 atom stereocenters. The lowest BCUT2D eigenvalue weighted by molar-refractivity contribution is -0.116. The van der Waals surface area contributed by atoms with E-state index in [4.69, 9.17) is 4.74 Å². The molecule has 2 aliphatic rings. The minimum absolute atomic E-state index is 0.0775. The van der Waals surface area contributed by atoms with Crippen molar-refractivity contribution in [3.05, 3.63) is 59.4 Å². The number of piperidine rings is 1. The molecular formula is C23H27FN2O2. The first-order valence-electron chi connectivity index (χ1n) is 10.2. The highest BCUT2D eigenvalue weighted by Crippen LogP contribution is 2.31. The molecule has 2 heterocycles. The topological polar surface area (TPSA) is 41.6 Å². The zero-order valence-corrected chi connectivity index (χ0v) is 16.1. The molecule has 0 aliphatic carbocycles. The van der Waals surface area contributed by atoms with Gasteiger partial charge in [0.05, 0.1) is 6.61 Å². The van der Waals surface area contributed by atoms with E-state index in [1.165, 1.54) is 5.56 Å². The Morgan fingerprint density at radius 1 is 1.07 bits per heavy atom. The van der Waals surface area contributed by atoms with Gasteiger partial charge in [-0.05, 0) is 74.5 Å². The van der Waals surface area contributed by atoms with E-state index in [2.05, 4.69) is 10.2 Å². The van der Waals surface area contributed by atoms with E-state index >= 15 is 0 Å². The molecule has 1 saturated heterocycles. The van der Waals surface area contributed by atoms with Gasteiger partial charge in [0.15, 0.2) is 0 Å². The lowest BCUT2D eigenvalue weighted by Crippen LogP contribution is -2.34. The standard InChI is InChI=1S/C23H27FN2O2/c24-19-7-5-17(6-8-19)18-11-14-26(15-12-18)13-2-16-28-22-4-1-3-21-20(22)9-10-23(27)25-21/h1,3-8,18H,2,9-16H2,(H,25,27). The van der Waals surface area contributed by atoms with E-state index in [9.17, 15) is 9.18 Å². The Labute approximate surface area is 165 Å². The third-order valence-corrected chi connectivity index (χ3v) is 5.81. The fraction of sp³-hybridized carbons (Fsp3) is 0.435. The number of fused-ring (bicyclic) bond motifs is 1. The van der Waals surface area contributed by atoms with Crippen LogP contribution in [0.15, 0.2) is 42.5 Å². The number of halogens is 1. The molecule has 4 rings (SSSR count). The molecule has 0 bridgehead atoms. The van der Waals surface area contributed by atoms with Crippen LogP contribution in [0, 0.1) is 5.82 Å². The highest BCUT2D eigenvalue weighted by atomic mass is 19.1. The number of likely N-dealkylation sites (tertiary alicyclic amines) is 1. The number of nitrogens with zero attached hydrogens (tertiary/aromatic N) is 1. The van der Waals surface area contributed by atoms with Crippen LogP contribution in [0.5, 0.6) is 5.75 Å². The Hall–Kier alpha value is -2.40. The maximum absolute atomic E-state index is 13.1. The van der Waals surface area contributed by atoms with Crippen molar-refractivity contribution in [2.24, 2.45) is 0 Å². The van der Waals surface area contributed by atoms with Gasteiger partial charge in [0.1, 0.15) is 11.6 Å². The number of benzene rings is 2. The summed E-state index contributed by atoms with van der Waals surface area (Å²) in [6.07, 6.45) is 4.50. The maximum Gasteiger partial charge on any atom is 0.224 e. The third-order valence-electron chi connectivity index (χ3n) is 5.81. The predicted octanol–water partition coefficient (Wildman–Crippen LogP) is 4.36.